The molecular formula is C10H12FIO. The maximum atomic E-state index is 12.7. The molecule has 0 aliphatic rings. The van der Waals surface area contributed by atoms with Crippen LogP contribution in [0.1, 0.15) is 31.4 Å². The minimum atomic E-state index is -0.461. The molecule has 0 radical (unpaired) electrons. The van der Waals surface area contributed by atoms with E-state index >= 15 is 0 Å². The van der Waals surface area contributed by atoms with Crippen LogP contribution >= 0.6 is 22.6 Å². The van der Waals surface area contributed by atoms with E-state index in [1.54, 1.807) is 6.07 Å². The van der Waals surface area contributed by atoms with Crippen molar-refractivity contribution < 1.29 is 9.50 Å². The zero-order chi connectivity index (χ0) is 9.84. The van der Waals surface area contributed by atoms with Crippen molar-refractivity contribution >= 4 is 22.6 Å². The van der Waals surface area contributed by atoms with Crippen molar-refractivity contribution in [3.63, 3.8) is 0 Å². The Bertz CT molecular complexity index is 288. The third-order valence-electron chi connectivity index (χ3n) is 1.88. The smallest absolute Gasteiger partial charge is 0.124 e. The van der Waals surface area contributed by atoms with Gasteiger partial charge in [-0.25, -0.2) is 4.39 Å². The SMILES string of the molecule is CCCC(O)c1ccc(F)cc1I. The van der Waals surface area contributed by atoms with E-state index in [9.17, 15) is 9.50 Å². The van der Waals surface area contributed by atoms with Crippen LogP contribution in [0.2, 0.25) is 0 Å². The molecule has 1 N–H and O–H groups in total. The number of rotatable bonds is 3. The number of hydrogen-bond donors (Lipinski definition) is 1. The molecule has 0 aliphatic heterocycles. The summed E-state index contributed by atoms with van der Waals surface area (Å²) in [6.45, 7) is 2.01. The summed E-state index contributed by atoms with van der Waals surface area (Å²) < 4.78 is 13.5. The Kier molecular flexibility index (Phi) is 4.12. The van der Waals surface area contributed by atoms with Crippen molar-refractivity contribution in [2.75, 3.05) is 0 Å². The Balaban J connectivity index is 2.88. The fraction of sp³-hybridized carbons (Fsp3) is 0.400. The Hall–Kier alpha value is -0.160. The van der Waals surface area contributed by atoms with Crippen molar-refractivity contribution in [3.05, 3.63) is 33.1 Å². The van der Waals surface area contributed by atoms with E-state index in [1.165, 1.54) is 12.1 Å². The highest BCUT2D eigenvalue weighted by Gasteiger charge is 2.10. The quantitative estimate of drug-likeness (QED) is 0.848. The Morgan fingerprint density at radius 1 is 1.54 bits per heavy atom. The van der Waals surface area contributed by atoms with Gasteiger partial charge in [-0.3, -0.25) is 0 Å². The molecule has 72 valence electrons. The minimum absolute atomic E-state index is 0.253. The number of hydrogen-bond acceptors (Lipinski definition) is 1. The Morgan fingerprint density at radius 2 is 2.23 bits per heavy atom. The highest BCUT2D eigenvalue weighted by atomic mass is 127. The molecule has 0 saturated heterocycles. The molecule has 3 heteroatoms. The summed E-state index contributed by atoms with van der Waals surface area (Å²) in [6.07, 6.45) is 1.19. The molecule has 1 unspecified atom stereocenters. The second-order valence-electron chi connectivity index (χ2n) is 2.97. The maximum absolute atomic E-state index is 12.7. The van der Waals surface area contributed by atoms with Crippen LogP contribution in [0.5, 0.6) is 0 Å². The van der Waals surface area contributed by atoms with Crippen molar-refractivity contribution in [1.29, 1.82) is 0 Å². The lowest BCUT2D eigenvalue weighted by Gasteiger charge is -2.11. The predicted molar refractivity (Wildman–Crippen MR) is 59.0 cm³/mol. The summed E-state index contributed by atoms with van der Waals surface area (Å²) in [5, 5.41) is 9.66. The monoisotopic (exact) mass is 294 g/mol. The predicted octanol–water partition coefficient (Wildman–Crippen LogP) is 3.26. The largest absolute Gasteiger partial charge is 0.388 e. The van der Waals surface area contributed by atoms with E-state index in [-0.39, 0.29) is 5.82 Å². The Labute approximate surface area is 91.1 Å². The topological polar surface area (TPSA) is 20.2 Å². The molecule has 0 aromatic heterocycles. The van der Waals surface area contributed by atoms with Crippen LogP contribution < -0.4 is 0 Å². The van der Waals surface area contributed by atoms with Gasteiger partial charge >= 0.3 is 0 Å². The van der Waals surface area contributed by atoms with Gasteiger partial charge in [0, 0.05) is 3.57 Å². The van der Waals surface area contributed by atoms with Gasteiger partial charge in [-0.05, 0) is 46.7 Å². The molecule has 0 heterocycles. The van der Waals surface area contributed by atoms with Crippen LogP contribution in [0.3, 0.4) is 0 Å². The van der Waals surface area contributed by atoms with Crippen LogP contribution in [0.25, 0.3) is 0 Å². The van der Waals surface area contributed by atoms with E-state index in [2.05, 4.69) is 0 Å². The van der Waals surface area contributed by atoms with Gasteiger partial charge in [0.15, 0.2) is 0 Å². The van der Waals surface area contributed by atoms with Gasteiger partial charge in [0.2, 0.25) is 0 Å². The van der Waals surface area contributed by atoms with Crippen molar-refractivity contribution in [2.24, 2.45) is 0 Å². The van der Waals surface area contributed by atoms with Crippen LogP contribution in [0.4, 0.5) is 4.39 Å². The Morgan fingerprint density at radius 3 is 2.77 bits per heavy atom. The highest BCUT2D eigenvalue weighted by Crippen LogP contribution is 2.24. The van der Waals surface area contributed by atoms with Gasteiger partial charge in [0.25, 0.3) is 0 Å². The zero-order valence-corrected chi connectivity index (χ0v) is 9.58. The maximum Gasteiger partial charge on any atom is 0.124 e. The number of benzene rings is 1. The lowest BCUT2D eigenvalue weighted by Crippen LogP contribution is -1.99. The second-order valence-corrected chi connectivity index (χ2v) is 4.13. The van der Waals surface area contributed by atoms with Gasteiger partial charge in [-0.2, -0.15) is 0 Å². The van der Waals surface area contributed by atoms with Crippen molar-refractivity contribution in [3.8, 4) is 0 Å². The van der Waals surface area contributed by atoms with Gasteiger partial charge in [-0.1, -0.05) is 19.4 Å². The lowest BCUT2D eigenvalue weighted by molar-refractivity contribution is 0.165. The first-order chi connectivity index (χ1) is 6.15. The molecule has 1 nitrogen and oxygen atoms in total. The van der Waals surface area contributed by atoms with Gasteiger partial charge in [0.05, 0.1) is 6.10 Å². The first kappa shape index (κ1) is 10.9. The van der Waals surface area contributed by atoms with Crippen LogP contribution in [-0.2, 0) is 0 Å². The molecule has 1 rings (SSSR count). The second kappa shape index (κ2) is 4.91. The molecule has 1 aromatic rings. The molecule has 0 saturated carbocycles. The third-order valence-corrected chi connectivity index (χ3v) is 2.82. The van der Waals surface area contributed by atoms with Crippen LogP contribution in [0.15, 0.2) is 18.2 Å². The van der Waals surface area contributed by atoms with Crippen LogP contribution in [-0.4, -0.2) is 5.11 Å². The summed E-state index contributed by atoms with van der Waals surface area (Å²) in [6, 6.07) is 4.47. The molecule has 0 amide bonds. The summed E-state index contributed by atoms with van der Waals surface area (Å²) >= 11 is 2.04. The average Bonchev–Trinajstić information content (AvgIpc) is 2.04. The normalized spacial score (nSPS) is 12.9. The third kappa shape index (κ3) is 2.91. The summed E-state index contributed by atoms with van der Waals surface area (Å²) in [5.41, 5.74) is 0.823. The summed E-state index contributed by atoms with van der Waals surface area (Å²) in [4.78, 5) is 0. The molecule has 13 heavy (non-hydrogen) atoms. The van der Waals surface area contributed by atoms with Crippen molar-refractivity contribution in [2.45, 2.75) is 25.9 Å². The van der Waals surface area contributed by atoms with E-state index in [0.29, 0.717) is 0 Å². The van der Waals surface area contributed by atoms with E-state index in [4.69, 9.17) is 0 Å². The lowest BCUT2D eigenvalue weighted by atomic mass is 10.1. The number of aliphatic hydroxyl groups excluding tert-OH is 1. The standard InChI is InChI=1S/C10H12FIO/c1-2-3-10(13)8-5-4-7(11)6-9(8)12/h4-6,10,13H,2-3H2,1H3. The van der Waals surface area contributed by atoms with E-state index in [1.807, 2.05) is 29.5 Å². The molecule has 0 bridgehead atoms. The fourth-order valence-electron chi connectivity index (χ4n) is 1.20. The average molecular weight is 294 g/mol. The highest BCUT2D eigenvalue weighted by molar-refractivity contribution is 14.1. The summed E-state index contributed by atoms with van der Waals surface area (Å²) in [5.74, 6) is -0.253. The van der Waals surface area contributed by atoms with Crippen molar-refractivity contribution in [1.82, 2.24) is 0 Å². The molecule has 1 aromatic carbocycles. The molecule has 0 spiro atoms. The van der Waals surface area contributed by atoms with Crippen LogP contribution in [0, 0.1) is 9.39 Å². The van der Waals surface area contributed by atoms with Gasteiger partial charge < -0.3 is 5.11 Å². The first-order valence-corrected chi connectivity index (χ1v) is 5.36. The van der Waals surface area contributed by atoms with Gasteiger partial charge in [0.1, 0.15) is 5.82 Å². The molecular weight excluding hydrogens is 282 g/mol. The minimum Gasteiger partial charge on any atom is -0.388 e. The summed E-state index contributed by atoms with van der Waals surface area (Å²) in [7, 11) is 0. The van der Waals surface area contributed by atoms with Gasteiger partial charge in [-0.15, -0.1) is 0 Å². The molecule has 0 fully saturated rings. The van der Waals surface area contributed by atoms with E-state index in [0.717, 1.165) is 22.0 Å². The molecule has 0 aliphatic carbocycles. The number of halogens is 2. The zero-order valence-electron chi connectivity index (χ0n) is 7.43. The molecule has 1 atom stereocenters. The van der Waals surface area contributed by atoms with E-state index < -0.39 is 6.10 Å². The fourth-order valence-corrected chi connectivity index (χ4v) is 2.04. The first-order valence-electron chi connectivity index (χ1n) is 4.28. The number of aliphatic hydroxyl groups is 1.